The van der Waals surface area contributed by atoms with Crippen molar-refractivity contribution in [3.63, 3.8) is 0 Å². The molecular formula is C25H29N3O2. The summed E-state index contributed by atoms with van der Waals surface area (Å²) in [6.07, 6.45) is 4.19. The second-order valence-corrected chi connectivity index (χ2v) is 8.29. The molecule has 0 saturated carbocycles. The molecule has 1 aliphatic rings. The van der Waals surface area contributed by atoms with Gasteiger partial charge in [-0.25, -0.2) is 0 Å². The van der Waals surface area contributed by atoms with Crippen LogP contribution in [-0.2, 0) is 13.6 Å². The van der Waals surface area contributed by atoms with E-state index in [0.717, 1.165) is 42.9 Å². The number of hydrogen-bond acceptors (Lipinski definition) is 3. The molecule has 4 rings (SSSR count). The van der Waals surface area contributed by atoms with Gasteiger partial charge in [0, 0.05) is 38.6 Å². The van der Waals surface area contributed by atoms with E-state index in [1.165, 1.54) is 11.1 Å². The van der Waals surface area contributed by atoms with Gasteiger partial charge >= 0.3 is 0 Å². The third-order valence-electron chi connectivity index (χ3n) is 5.71. The van der Waals surface area contributed by atoms with Gasteiger partial charge in [0.15, 0.2) is 0 Å². The van der Waals surface area contributed by atoms with Gasteiger partial charge in [0.1, 0.15) is 11.4 Å². The molecule has 30 heavy (non-hydrogen) atoms. The van der Waals surface area contributed by atoms with Crippen LogP contribution < -0.4 is 4.90 Å². The van der Waals surface area contributed by atoms with E-state index in [9.17, 15) is 9.90 Å². The number of hydrogen-bond donors (Lipinski definition) is 1. The molecule has 0 bridgehead atoms. The standard InChI is InChI=1S/C25H29N3O2/c1-18-12-19(2)14-21(13-18)28(16-20-6-8-23(29)9-7-20)22-15-24(26(3)17-22)25(30)27-10-4-5-11-27/h6-9,12-15,17,29H,4-5,10-11,16H2,1-3H3. The first-order chi connectivity index (χ1) is 14.4. The summed E-state index contributed by atoms with van der Waals surface area (Å²) < 4.78 is 1.93. The van der Waals surface area contributed by atoms with Crippen molar-refractivity contribution >= 4 is 17.3 Å². The number of phenols is 1. The van der Waals surface area contributed by atoms with Gasteiger partial charge in [-0.05, 0) is 73.7 Å². The van der Waals surface area contributed by atoms with Crippen LogP contribution in [0.2, 0.25) is 0 Å². The number of rotatable bonds is 5. The van der Waals surface area contributed by atoms with Crippen molar-refractivity contribution in [2.24, 2.45) is 7.05 Å². The molecule has 0 atom stereocenters. The maximum atomic E-state index is 13.0. The fraction of sp³-hybridized carbons (Fsp3) is 0.320. The number of phenolic OH excluding ortho intramolecular Hbond substituents is 1. The van der Waals surface area contributed by atoms with Crippen molar-refractivity contribution in [1.29, 1.82) is 0 Å². The summed E-state index contributed by atoms with van der Waals surface area (Å²) in [6, 6.07) is 15.8. The van der Waals surface area contributed by atoms with Gasteiger partial charge in [-0.15, -0.1) is 0 Å². The summed E-state index contributed by atoms with van der Waals surface area (Å²) in [5, 5.41) is 9.64. The number of amides is 1. The van der Waals surface area contributed by atoms with E-state index in [0.29, 0.717) is 12.2 Å². The Hall–Kier alpha value is -3.21. The van der Waals surface area contributed by atoms with Crippen LogP contribution >= 0.6 is 0 Å². The Morgan fingerprint density at radius 2 is 1.60 bits per heavy atom. The summed E-state index contributed by atoms with van der Waals surface area (Å²) in [5.41, 5.74) is 6.27. The Labute approximate surface area is 178 Å². The van der Waals surface area contributed by atoms with Crippen molar-refractivity contribution in [1.82, 2.24) is 9.47 Å². The monoisotopic (exact) mass is 403 g/mol. The van der Waals surface area contributed by atoms with Crippen LogP contribution in [-0.4, -0.2) is 33.6 Å². The summed E-state index contributed by atoms with van der Waals surface area (Å²) in [4.78, 5) is 17.2. The Kier molecular flexibility index (Phi) is 5.53. The van der Waals surface area contributed by atoms with Crippen molar-refractivity contribution in [3.8, 4) is 5.75 Å². The minimum atomic E-state index is 0.103. The first-order valence-corrected chi connectivity index (χ1v) is 10.5. The lowest BCUT2D eigenvalue weighted by Crippen LogP contribution is -2.29. The minimum Gasteiger partial charge on any atom is -0.508 e. The molecular weight excluding hydrogens is 374 g/mol. The number of carbonyl (C=O) groups excluding carboxylic acids is 1. The average Bonchev–Trinajstić information content (AvgIpc) is 3.36. The maximum Gasteiger partial charge on any atom is 0.270 e. The van der Waals surface area contributed by atoms with E-state index in [4.69, 9.17) is 0 Å². The number of anilines is 2. The first kappa shape index (κ1) is 20.1. The van der Waals surface area contributed by atoms with Gasteiger partial charge < -0.3 is 19.5 Å². The Morgan fingerprint density at radius 3 is 2.23 bits per heavy atom. The van der Waals surface area contributed by atoms with Crippen LogP contribution in [0.3, 0.4) is 0 Å². The summed E-state index contributed by atoms with van der Waals surface area (Å²) in [6.45, 7) is 6.52. The molecule has 0 aliphatic carbocycles. The molecule has 1 saturated heterocycles. The number of benzene rings is 2. The molecule has 1 N–H and O–H groups in total. The summed E-state index contributed by atoms with van der Waals surface area (Å²) in [5.74, 6) is 0.362. The molecule has 5 heteroatoms. The highest BCUT2D eigenvalue weighted by atomic mass is 16.3. The number of aromatic hydroxyl groups is 1. The molecule has 1 aromatic heterocycles. The second kappa shape index (κ2) is 8.27. The van der Waals surface area contributed by atoms with E-state index in [-0.39, 0.29) is 11.7 Å². The van der Waals surface area contributed by atoms with Gasteiger partial charge in [-0.3, -0.25) is 4.79 Å². The highest BCUT2D eigenvalue weighted by molar-refractivity contribution is 5.94. The zero-order valence-electron chi connectivity index (χ0n) is 17.9. The average molecular weight is 404 g/mol. The largest absolute Gasteiger partial charge is 0.508 e. The van der Waals surface area contributed by atoms with Crippen LogP contribution in [0.1, 0.15) is 40.0 Å². The minimum absolute atomic E-state index is 0.103. The summed E-state index contributed by atoms with van der Waals surface area (Å²) >= 11 is 0. The Bertz CT molecular complexity index is 1030. The van der Waals surface area contributed by atoms with Crippen molar-refractivity contribution in [2.75, 3.05) is 18.0 Å². The van der Waals surface area contributed by atoms with Gasteiger partial charge in [0.2, 0.25) is 0 Å². The molecule has 1 aliphatic heterocycles. The Balaban J connectivity index is 1.72. The highest BCUT2D eigenvalue weighted by Gasteiger charge is 2.24. The normalized spacial score (nSPS) is 13.6. The quantitative estimate of drug-likeness (QED) is 0.658. The number of aromatic nitrogens is 1. The second-order valence-electron chi connectivity index (χ2n) is 8.29. The SMILES string of the molecule is Cc1cc(C)cc(N(Cc2ccc(O)cc2)c2cc(C(=O)N3CCCC3)n(C)c2)c1. The zero-order chi connectivity index (χ0) is 21.3. The van der Waals surface area contributed by atoms with Crippen molar-refractivity contribution in [2.45, 2.75) is 33.2 Å². The van der Waals surface area contributed by atoms with Gasteiger partial charge in [-0.1, -0.05) is 18.2 Å². The predicted molar refractivity (Wildman–Crippen MR) is 120 cm³/mol. The first-order valence-electron chi connectivity index (χ1n) is 10.5. The lowest BCUT2D eigenvalue weighted by molar-refractivity contribution is 0.0783. The van der Waals surface area contributed by atoms with Crippen LogP contribution in [0.5, 0.6) is 5.75 Å². The molecule has 0 spiro atoms. The third kappa shape index (κ3) is 4.20. The van der Waals surface area contributed by atoms with Gasteiger partial charge in [0.25, 0.3) is 5.91 Å². The number of aryl methyl sites for hydroxylation is 3. The Morgan fingerprint density at radius 1 is 0.967 bits per heavy atom. The molecule has 0 unspecified atom stereocenters. The van der Waals surface area contributed by atoms with Crippen molar-refractivity contribution in [3.05, 3.63) is 77.1 Å². The molecule has 3 aromatic rings. The van der Waals surface area contributed by atoms with Crippen LogP contribution in [0.4, 0.5) is 11.4 Å². The molecule has 0 radical (unpaired) electrons. The highest BCUT2D eigenvalue weighted by Crippen LogP contribution is 2.31. The fourth-order valence-electron chi connectivity index (χ4n) is 4.21. The molecule has 2 aromatic carbocycles. The molecule has 2 heterocycles. The lowest BCUT2D eigenvalue weighted by atomic mass is 10.1. The van der Waals surface area contributed by atoms with Crippen LogP contribution in [0, 0.1) is 13.8 Å². The molecule has 156 valence electrons. The maximum absolute atomic E-state index is 13.0. The lowest BCUT2D eigenvalue weighted by Gasteiger charge is -2.25. The van der Waals surface area contributed by atoms with E-state index in [1.54, 1.807) is 12.1 Å². The number of likely N-dealkylation sites (tertiary alicyclic amines) is 1. The van der Waals surface area contributed by atoms with E-state index in [1.807, 2.05) is 40.9 Å². The van der Waals surface area contributed by atoms with Gasteiger partial charge in [-0.2, -0.15) is 0 Å². The van der Waals surface area contributed by atoms with Crippen LogP contribution in [0.25, 0.3) is 0 Å². The summed E-state index contributed by atoms with van der Waals surface area (Å²) in [7, 11) is 1.94. The van der Waals surface area contributed by atoms with E-state index >= 15 is 0 Å². The predicted octanol–water partition coefficient (Wildman–Crippen LogP) is 4.92. The fourth-order valence-corrected chi connectivity index (χ4v) is 4.21. The zero-order valence-corrected chi connectivity index (χ0v) is 17.9. The van der Waals surface area contributed by atoms with Crippen LogP contribution in [0.15, 0.2) is 54.7 Å². The van der Waals surface area contributed by atoms with Gasteiger partial charge in [0.05, 0.1) is 5.69 Å². The van der Waals surface area contributed by atoms with E-state index < -0.39 is 0 Å². The number of nitrogens with zero attached hydrogens (tertiary/aromatic N) is 3. The number of carbonyl (C=O) groups is 1. The molecule has 1 amide bonds. The molecule has 1 fully saturated rings. The molecule has 5 nitrogen and oxygen atoms in total. The smallest absolute Gasteiger partial charge is 0.270 e. The van der Waals surface area contributed by atoms with E-state index in [2.05, 4.69) is 36.9 Å². The topological polar surface area (TPSA) is 48.7 Å². The third-order valence-corrected chi connectivity index (χ3v) is 5.71. The van der Waals surface area contributed by atoms with Crippen molar-refractivity contribution < 1.29 is 9.90 Å².